The quantitative estimate of drug-likeness (QED) is 0.201. The first-order chi connectivity index (χ1) is 25.2. The number of pyridine rings is 3. The van der Waals surface area contributed by atoms with Gasteiger partial charge in [-0.1, -0.05) is 12.1 Å². The van der Waals surface area contributed by atoms with Gasteiger partial charge in [-0.15, -0.1) is 13.2 Å². The number of nitrogens with zero attached hydrogens (tertiary/aromatic N) is 6. The molecule has 3 aliphatic heterocycles. The molecule has 53 heavy (non-hydrogen) atoms. The standard InChI is InChI=1S/C36H37F5N8O4/c1-46-20-27(25-8-10-42-18-26(25)34(46)52)22-2-3-23(29(16-22)53-36(39,40)41)19-47-11-9-30(35(37,38)21-47)49-14-12-48(13-15-49)24-4-6-31(43-17-24)44-28-5-7-32(50)45-33(28)51/h2-4,6,8,10,16-18,20,28,30H,5,7,9,11-15,19,21H2,1H3,(H,43,44)(H,45,50,51). The highest BCUT2D eigenvalue weighted by atomic mass is 19.4. The fourth-order valence-electron chi connectivity index (χ4n) is 7.40. The fraction of sp³-hybridized carbons (Fsp3) is 0.417. The largest absolute Gasteiger partial charge is 0.573 e. The molecule has 12 nitrogen and oxygen atoms in total. The van der Waals surface area contributed by atoms with E-state index in [0.717, 1.165) is 5.69 Å². The van der Waals surface area contributed by atoms with E-state index in [1.807, 2.05) is 11.0 Å². The van der Waals surface area contributed by atoms with Crippen LogP contribution in [-0.4, -0.2) is 99.8 Å². The average Bonchev–Trinajstić information content (AvgIpc) is 3.11. The van der Waals surface area contributed by atoms with Crippen LogP contribution >= 0.6 is 0 Å². The van der Waals surface area contributed by atoms with Gasteiger partial charge in [0.1, 0.15) is 17.6 Å². The Morgan fingerprint density at radius 2 is 1.77 bits per heavy atom. The summed E-state index contributed by atoms with van der Waals surface area (Å²) in [5.41, 5.74) is 1.46. The van der Waals surface area contributed by atoms with Gasteiger partial charge in [-0.25, -0.2) is 13.8 Å². The summed E-state index contributed by atoms with van der Waals surface area (Å²) in [6, 6.07) is 7.87. The maximum atomic E-state index is 15.8. The second-order valence-corrected chi connectivity index (χ2v) is 13.6. The molecule has 4 aromatic rings. The summed E-state index contributed by atoms with van der Waals surface area (Å²) < 4.78 is 78.1. The molecule has 0 saturated carbocycles. The molecule has 17 heteroatoms. The third kappa shape index (κ3) is 7.95. The summed E-state index contributed by atoms with van der Waals surface area (Å²) in [6.45, 7) is 1.19. The Kier molecular flexibility index (Phi) is 9.80. The SMILES string of the molecule is Cn1cc(-c2ccc(CN3CCC(N4CCN(c5ccc(NC6CCC(=O)NC6=O)nc5)CC4)C(F)(F)C3)c(OC(F)(F)F)c2)c2ccncc2c1=O. The molecule has 3 saturated heterocycles. The van der Waals surface area contributed by atoms with Gasteiger partial charge < -0.3 is 19.5 Å². The van der Waals surface area contributed by atoms with E-state index in [-0.39, 0.29) is 43.0 Å². The highest BCUT2D eigenvalue weighted by Crippen LogP contribution is 2.37. The van der Waals surface area contributed by atoms with Crippen LogP contribution in [0.25, 0.3) is 21.9 Å². The minimum absolute atomic E-state index is 0.108. The lowest BCUT2D eigenvalue weighted by molar-refractivity contribution is -0.275. The highest BCUT2D eigenvalue weighted by molar-refractivity contribution is 6.01. The van der Waals surface area contributed by atoms with E-state index in [0.29, 0.717) is 60.3 Å². The topological polar surface area (TPSA) is 125 Å². The van der Waals surface area contributed by atoms with Gasteiger partial charge >= 0.3 is 6.36 Å². The molecule has 2 atom stereocenters. The van der Waals surface area contributed by atoms with Crippen molar-refractivity contribution in [2.24, 2.45) is 7.05 Å². The summed E-state index contributed by atoms with van der Waals surface area (Å²) >= 11 is 0. The second-order valence-electron chi connectivity index (χ2n) is 13.6. The number of fused-ring (bicyclic) bond motifs is 1. The maximum Gasteiger partial charge on any atom is 0.573 e. The molecule has 280 valence electrons. The third-order valence-electron chi connectivity index (χ3n) is 10.1. The molecule has 3 aliphatic rings. The number of benzene rings is 1. The number of halogens is 5. The van der Waals surface area contributed by atoms with Crippen molar-refractivity contribution < 1.29 is 36.3 Å². The number of rotatable bonds is 8. The summed E-state index contributed by atoms with van der Waals surface area (Å²) in [7, 11) is 1.53. The number of piperazine rings is 1. The van der Waals surface area contributed by atoms with E-state index >= 15 is 8.78 Å². The van der Waals surface area contributed by atoms with Crippen LogP contribution in [0.5, 0.6) is 5.75 Å². The lowest BCUT2D eigenvalue weighted by Gasteiger charge is -2.46. The zero-order chi connectivity index (χ0) is 37.5. The van der Waals surface area contributed by atoms with Gasteiger partial charge in [0.25, 0.3) is 11.5 Å². The van der Waals surface area contributed by atoms with Crippen molar-refractivity contribution in [1.29, 1.82) is 0 Å². The lowest BCUT2D eigenvalue weighted by atomic mass is 9.96. The van der Waals surface area contributed by atoms with Crippen molar-refractivity contribution in [2.75, 3.05) is 49.5 Å². The number of anilines is 2. The number of alkyl halides is 5. The lowest BCUT2D eigenvalue weighted by Crippen LogP contribution is -2.61. The van der Waals surface area contributed by atoms with Gasteiger partial charge in [0.2, 0.25) is 11.8 Å². The van der Waals surface area contributed by atoms with Crippen molar-refractivity contribution in [3.05, 3.63) is 77.1 Å². The van der Waals surface area contributed by atoms with Crippen LogP contribution in [0, 0.1) is 0 Å². The summed E-state index contributed by atoms with van der Waals surface area (Å²) in [6.07, 6.45) is 1.78. The third-order valence-corrected chi connectivity index (χ3v) is 10.1. The van der Waals surface area contributed by atoms with Crippen LogP contribution in [0.4, 0.5) is 33.5 Å². The van der Waals surface area contributed by atoms with Gasteiger partial charge in [0, 0.05) is 82.5 Å². The van der Waals surface area contributed by atoms with E-state index in [1.54, 1.807) is 29.3 Å². The normalized spacial score (nSPS) is 21.4. The predicted octanol–water partition coefficient (Wildman–Crippen LogP) is 4.14. The molecule has 3 fully saturated rings. The zero-order valence-electron chi connectivity index (χ0n) is 28.7. The number of hydrogen-bond donors (Lipinski definition) is 2. The molecule has 0 spiro atoms. The Labute approximate surface area is 300 Å². The first-order valence-electron chi connectivity index (χ1n) is 17.2. The number of carbonyl (C=O) groups is 2. The Morgan fingerprint density at radius 3 is 2.47 bits per heavy atom. The van der Waals surface area contributed by atoms with Crippen LogP contribution < -0.4 is 25.8 Å². The molecule has 2 amide bonds. The Bertz CT molecular complexity index is 2070. The number of imide groups is 1. The Morgan fingerprint density at radius 1 is 0.981 bits per heavy atom. The summed E-state index contributed by atoms with van der Waals surface area (Å²) in [4.78, 5) is 49.8. The van der Waals surface area contributed by atoms with Crippen molar-refractivity contribution in [2.45, 2.75) is 50.2 Å². The predicted molar refractivity (Wildman–Crippen MR) is 186 cm³/mol. The van der Waals surface area contributed by atoms with Crippen molar-refractivity contribution in [3.63, 3.8) is 0 Å². The number of amides is 2. The van der Waals surface area contributed by atoms with Gasteiger partial charge in [0.05, 0.1) is 29.9 Å². The molecule has 2 N–H and O–H groups in total. The first-order valence-corrected chi connectivity index (χ1v) is 17.2. The molecular formula is C36H37F5N8O4. The number of piperidine rings is 2. The number of nitrogens with one attached hydrogen (secondary N) is 2. The number of carbonyl (C=O) groups excluding carboxylic acids is 2. The van der Waals surface area contributed by atoms with E-state index in [4.69, 9.17) is 0 Å². The first kappa shape index (κ1) is 36.2. The van der Waals surface area contributed by atoms with Crippen molar-refractivity contribution >= 4 is 34.1 Å². The van der Waals surface area contributed by atoms with Gasteiger partial charge in [-0.05, 0) is 48.1 Å². The molecule has 0 aliphatic carbocycles. The van der Waals surface area contributed by atoms with Crippen LogP contribution in [0.1, 0.15) is 24.8 Å². The van der Waals surface area contributed by atoms with Crippen LogP contribution in [0.15, 0.2) is 66.0 Å². The highest BCUT2D eigenvalue weighted by Gasteiger charge is 2.48. The number of ether oxygens (including phenoxy) is 1. The van der Waals surface area contributed by atoms with Crippen molar-refractivity contribution in [1.82, 2.24) is 29.7 Å². The smallest absolute Gasteiger partial charge is 0.405 e. The summed E-state index contributed by atoms with van der Waals surface area (Å²) in [5.74, 6) is -3.84. The molecule has 1 aromatic carbocycles. The summed E-state index contributed by atoms with van der Waals surface area (Å²) in [5, 5.41) is 6.13. The Balaban J connectivity index is 0.989. The number of aryl methyl sites for hydroxylation is 1. The van der Waals surface area contributed by atoms with Gasteiger partial charge in [0.15, 0.2) is 0 Å². The minimum Gasteiger partial charge on any atom is -0.405 e. The molecular weight excluding hydrogens is 703 g/mol. The van der Waals surface area contributed by atoms with E-state index in [1.165, 1.54) is 47.2 Å². The zero-order valence-corrected chi connectivity index (χ0v) is 28.7. The van der Waals surface area contributed by atoms with Crippen molar-refractivity contribution in [3.8, 4) is 16.9 Å². The molecule has 0 bridgehead atoms. The molecule has 6 heterocycles. The van der Waals surface area contributed by atoms with E-state index < -0.39 is 42.6 Å². The minimum atomic E-state index is -5.02. The monoisotopic (exact) mass is 740 g/mol. The van der Waals surface area contributed by atoms with Gasteiger partial charge in [-0.2, -0.15) is 0 Å². The fourth-order valence-corrected chi connectivity index (χ4v) is 7.40. The molecule has 3 aromatic heterocycles. The second kappa shape index (κ2) is 14.3. The molecule has 2 unspecified atom stereocenters. The van der Waals surface area contributed by atoms with Crippen LogP contribution in [-0.2, 0) is 23.2 Å². The van der Waals surface area contributed by atoms with Crippen LogP contribution in [0.3, 0.4) is 0 Å². The molecule has 0 radical (unpaired) electrons. The Hall–Kier alpha value is -5.16. The van der Waals surface area contributed by atoms with E-state index in [2.05, 4.69) is 25.3 Å². The van der Waals surface area contributed by atoms with E-state index in [9.17, 15) is 27.6 Å². The molecule has 7 rings (SSSR count). The number of aromatic nitrogens is 3. The van der Waals surface area contributed by atoms with Gasteiger partial charge in [-0.3, -0.25) is 34.5 Å². The maximum absolute atomic E-state index is 15.8. The van der Waals surface area contributed by atoms with Crippen LogP contribution in [0.2, 0.25) is 0 Å². The average molecular weight is 741 g/mol. The number of likely N-dealkylation sites (tertiary alicyclic amines) is 1. The number of hydrogen-bond acceptors (Lipinski definition) is 10.